The van der Waals surface area contributed by atoms with Gasteiger partial charge in [0.25, 0.3) is 0 Å². The highest BCUT2D eigenvalue weighted by molar-refractivity contribution is 5.89. The normalized spacial score (nSPS) is 15.3. The van der Waals surface area contributed by atoms with Crippen LogP contribution in [0.25, 0.3) is 0 Å². The van der Waals surface area contributed by atoms with E-state index >= 15 is 0 Å². The number of carbonyl (C=O) groups excluding carboxylic acids is 2. The Labute approximate surface area is 128 Å². The van der Waals surface area contributed by atoms with Crippen molar-refractivity contribution in [2.24, 2.45) is 0 Å². The fraction of sp³-hybridized carbons (Fsp3) is 0.400. The summed E-state index contributed by atoms with van der Waals surface area (Å²) in [5, 5.41) is 23.7. The van der Waals surface area contributed by atoms with E-state index in [2.05, 4.69) is 10.6 Å². The Morgan fingerprint density at radius 3 is 3.00 bits per heavy atom. The van der Waals surface area contributed by atoms with Crippen molar-refractivity contribution in [2.75, 3.05) is 25.0 Å². The van der Waals surface area contributed by atoms with Gasteiger partial charge in [-0.3, -0.25) is 4.79 Å². The Kier molecular flexibility index (Phi) is 5.33. The molecule has 0 saturated carbocycles. The maximum Gasteiger partial charge on any atom is 0.319 e. The molecule has 1 fully saturated rings. The van der Waals surface area contributed by atoms with Gasteiger partial charge in [-0.15, -0.1) is 0 Å². The predicted octanol–water partition coefficient (Wildman–Crippen LogP) is 0.663. The molecule has 0 aromatic heterocycles. The number of benzene rings is 1. The Hall–Kier alpha value is -2.59. The molecule has 1 aromatic carbocycles. The molecule has 1 aliphatic heterocycles. The zero-order chi connectivity index (χ0) is 15.9. The molecule has 0 radical (unpaired) electrons. The van der Waals surface area contributed by atoms with Crippen molar-refractivity contribution in [2.45, 2.75) is 18.9 Å². The standard InChI is InChI=1S/C15H18N4O3/c16-8-11-3-1-4-12(7-11)18-15(22)17-9-13(20)10-19-6-2-5-14(19)21/h1,3-4,7,13,20H,2,5-6,9-10H2,(H2,17,18,22). The van der Waals surface area contributed by atoms with Crippen molar-refractivity contribution in [1.29, 1.82) is 5.26 Å². The van der Waals surface area contributed by atoms with Crippen LogP contribution in [0.5, 0.6) is 0 Å². The average molecular weight is 302 g/mol. The molecule has 1 aromatic rings. The summed E-state index contributed by atoms with van der Waals surface area (Å²) in [4.78, 5) is 24.8. The van der Waals surface area contributed by atoms with Gasteiger partial charge in [0, 0.05) is 31.7 Å². The molecule has 1 unspecified atom stereocenters. The SMILES string of the molecule is N#Cc1cccc(NC(=O)NCC(O)CN2CCCC2=O)c1. The molecule has 1 atom stereocenters. The molecular formula is C15H18N4O3. The summed E-state index contributed by atoms with van der Waals surface area (Å²) in [7, 11) is 0. The fourth-order valence-corrected chi connectivity index (χ4v) is 2.27. The number of rotatable bonds is 5. The number of nitrogens with zero attached hydrogens (tertiary/aromatic N) is 2. The molecule has 3 amide bonds. The summed E-state index contributed by atoms with van der Waals surface area (Å²) in [5.41, 5.74) is 0.950. The molecule has 0 aliphatic carbocycles. The fourth-order valence-electron chi connectivity index (χ4n) is 2.27. The maximum atomic E-state index is 11.7. The van der Waals surface area contributed by atoms with Crippen LogP contribution in [-0.4, -0.2) is 47.7 Å². The van der Waals surface area contributed by atoms with Gasteiger partial charge in [-0.25, -0.2) is 4.79 Å². The average Bonchev–Trinajstić information content (AvgIpc) is 2.90. The highest BCUT2D eigenvalue weighted by Crippen LogP contribution is 2.10. The first-order chi connectivity index (χ1) is 10.6. The molecule has 7 heteroatoms. The minimum Gasteiger partial charge on any atom is -0.389 e. The van der Waals surface area contributed by atoms with Gasteiger partial charge in [-0.1, -0.05) is 6.07 Å². The van der Waals surface area contributed by atoms with E-state index in [0.717, 1.165) is 6.42 Å². The Morgan fingerprint density at radius 1 is 1.50 bits per heavy atom. The lowest BCUT2D eigenvalue weighted by Gasteiger charge is -2.20. The van der Waals surface area contributed by atoms with Crippen LogP contribution in [0.3, 0.4) is 0 Å². The molecule has 1 saturated heterocycles. The number of likely N-dealkylation sites (tertiary alicyclic amines) is 1. The third-order valence-electron chi connectivity index (χ3n) is 3.35. The quantitative estimate of drug-likeness (QED) is 0.743. The minimum absolute atomic E-state index is 0.0387. The monoisotopic (exact) mass is 302 g/mol. The Morgan fingerprint density at radius 2 is 2.32 bits per heavy atom. The van der Waals surface area contributed by atoms with Gasteiger partial charge in [0.05, 0.1) is 17.7 Å². The minimum atomic E-state index is -0.807. The van der Waals surface area contributed by atoms with Crippen LogP contribution in [0.15, 0.2) is 24.3 Å². The smallest absolute Gasteiger partial charge is 0.319 e. The topological polar surface area (TPSA) is 105 Å². The summed E-state index contributed by atoms with van der Waals surface area (Å²) in [6, 6.07) is 8.04. The summed E-state index contributed by atoms with van der Waals surface area (Å²) in [6.45, 7) is 0.930. The van der Waals surface area contributed by atoms with Crippen LogP contribution in [-0.2, 0) is 4.79 Å². The van der Waals surface area contributed by atoms with Crippen LogP contribution in [0, 0.1) is 11.3 Å². The lowest BCUT2D eigenvalue weighted by Crippen LogP contribution is -2.41. The molecule has 2 rings (SSSR count). The van der Waals surface area contributed by atoms with Crippen molar-refractivity contribution < 1.29 is 14.7 Å². The third kappa shape index (κ3) is 4.46. The number of urea groups is 1. The van der Waals surface area contributed by atoms with Gasteiger partial charge in [0.2, 0.25) is 5.91 Å². The van der Waals surface area contributed by atoms with E-state index in [4.69, 9.17) is 5.26 Å². The zero-order valence-corrected chi connectivity index (χ0v) is 12.1. The first-order valence-electron chi connectivity index (χ1n) is 7.09. The van der Waals surface area contributed by atoms with E-state index < -0.39 is 12.1 Å². The zero-order valence-electron chi connectivity index (χ0n) is 12.1. The molecule has 0 spiro atoms. The molecule has 7 nitrogen and oxygen atoms in total. The van der Waals surface area contributed by atoms with Crippen molar-refractivity contribution in [3.8, 4) is 6.07 Å². The predicted molar refractivity (Wildman–Crippen MR) is 80.0 cm³/mol. The van der Waals surface area contributed by atoms with Crippen LogP contribution in [0.4, 0.5) is 10.5 Å². The van der Waals surface area contributed by atoms with Crippen molar-refractivity contribution >= 4 is 17.6 Å². The molecular weight excluding hydrogens is 284 g/mol. The van der Waals surface area contributed by atoms with E-state index in [0.29, 0.717) is 24.2 Å². The lowest BCUT2D eigenvalue weighted by molar-refractivity contribution is -0.128. The maximum absolute atomic E-state index is 11.7. The Bertz CT molecular complexity index is 597. The van der Waals surface area contributed by atoms with Gasteiger partial charge in [-0.2, -0.15) is 5.26 Å². The Balaban J connectivity index is 1.75. The van der Waals surface area contributed by atoms with Crippen LogP contribution in [0.1, 0.15) is 18.4 Å². The van der Waals surface area contributed by atoms with E-state index in [-0.39, 0.29) is 19.0 Å². The first-order valence-corrected chi connectivity index (χ1v) is 7.09. The van der Waals surface area contributed by atoms with Crippen molar-refractivity contribution in [1.82, 2.24) is 10.2 Å². The number of β-amino-alcohol motifs (C(OH)–C–C–N with tert-alkyl or cyclic N) is 1. The molecule has 116 valence electrons. The van der Waals surface area contributed by atoms with E-state index in [9.17, 15) is 14.7 Å². The highest BCUT2D eigenvalue weighted by atomic mass is 16.3. The third-order valence-corrected chi connectivity index (χ3v) is 3.35. The second-order valence-electron chi connectivity index (χ2n) is 5.12. The number of carbonyl (C=O) groups is 2. The summed E-state index contributed by atoms with van der Waals surface area (Å²) in [5.74, 6) is 0.0387. The summed E-state index contributed by atoms with van der Waals surface area (Å²) >= 11 is 0. The van der Waals surface area contributed by atoms with Crippen molar-refractivity contribution in [3.05, 3.63) is 29.8 Å². The molecule has 1 aliphatic rings. The van der Waals surface area contributed by atoms with Gasteiger partial charge in [0.1, 0.15) is 0 Å². The molecule has 1 heterocycles. The lowest BCUT2D eigenvalue weighted by atomic mass is 10.2. The number of nitriles is 1. The van der Waals surface area contributed by atoms with Crippen molar-refractivity contribution in [3.63, 3.8) is 0 Å². The number of anilines is 1. The number of nitrogens with one attached hydrogen (secondary N) is 2. The highest BCUT2D eigenvalue weighted by Gasteiger charge is 2.22. The summed E-state index contributed by atoms with van der Waals surface area (Å²) < 4.78 is 0. The molecule has 3 N–H and O–H groups in total. The van der Waals surface area contributed by atoms with E-state index in [1.807, 2.05) is 6.07 Å². The second kappa shape index (κ2) is 7.43. The number of aliphatic hydroxyl groups is 1. The molecule has 22 heavy (non-hydrogen) atoms. The number of hydrogen-bond donors (Lipinski definition) is 3. The van der Waals surface area contributed by atoms with Crippen LogP contribution in [0.2, 0.25) is 0 Å². The van der Waals surface area contributed by atoms with Gasteiger partial charge in [-0.05, 0) is 24.6 Å². The largest absolute Gasteiger partial charge is 0.389 e. The number of hydrogen-bond acceptors (Lipinski definition) is 4. The van der Waals surface area contributed by atoms with Gasteiger partial charge in [0.15, 0.2) is 0 Å². The second-order valence-corrected chi connectivity index (χ2v) is 5.12. The van der Waals surface area contributed by atoms with E-state index in [1.165, 1.54) is 0 Å². The summed E-state index contributed by atoms with van der Waals surface area (Å²) in [6.07, 6.45) is 0.531. The van der Waals surface area contributed by atoms with Gasteiger partial charge < -0.3 is 20.6 Å². The van der Waals surface area contributed by atoms with Crippen LogP contribution < -0.4 is 10.6 Å². The van der Waals surface area contributed by atoms with E-state index in [1.54, 1.807) is 29.2 Å². The number of amides is 3. The van der Waals surface area contributed by atoms with Gasteiger partial charge >= 0.3 is 6.03 Å². The molecule has 0 bridgehead atoms. The first kappa shape index (κ1) is 15.8. The number of aliphatic hydroxyl groups excluding tert-OH is 1. The van der Waals surface area contributed by atoms with Crippen LogP contribution >= 0.6 is 0 Å².